The van der Waals surface area contributed by atoms with Gasteiger partial charge in [0.2, 0.25) is 0 Å². The first-order valence-corrected chi connectivity index (χ1v) is 6.93. The van der Waals surface area contributed by atoms with Crippen LogP contribution in [0.3, 0.4) is 0 Å². The first kappa shape index (κ1) is 15.4. The normalized spacial score (nSPS) is 11.8. The molecule has 2 aromatic rings. The summed E-state index contributed by atoms with van der Waals surface area (Å²) in [7, 11) is 0. The van der Waals surface area contributed by atoms with Crippen molar-refractivity contribution >= 4 is 27.5 Å². The maximum absolute atomic E-state index is 13.4. The number of hydrogen-bond donors (Lipinski definition) is 1. The number of rotatable bonds is 4. The summed E-state index contributed by atoms with van der Waals surface area (Å²) >= 11 is 3.29. The molecular weight excluding hydrogens is 344 g/mol. The molecule has 0 fully saturated rings. The van der Waals surface area contributed by atoms with Crippen LogP contribution in [0.5, 0.6) is 5.75 Å². The van der Waals surface area contributed by atoms with Gasteiger partial charge in [-0.1, -0.05) is 15.9 Å². The summed E-state index contributed by atoms with van der Waals surface area (Å²) in [4.78, 5) is 11.9. The number of carbonyl (C=O) groups excluding carboxylic acids is 1. The quantitative estimate of drug-likeness (QED) is 0.895. The number of hydrogen-bond acceptors (Lipinski definition) is 2. The van der Waals surface area contributed by atoms with Crippen LogP contribution in [0.1, 0.15) is 6.92 Å². The number of carbonyl (C=O) groups is 1. The molecule has 0 saturated heterocycles. The molecule has 1 unspecified atom stereocenters. The maximum Gasteiger partial charge on any atom is 0.265 e. The molecule has 1 amide bonds. The molecule has 0 aromatic heterocycles. The summed E-state index contributed by atoms with van der Waals surface area (Å²) in [6, 6.07) is 9.91. The summed E-state index contributed by atoms with van der Waals surface area (Å²) in [6.07, 6.45) is -0.923. The van der Waals surface area contributed by atoms with Gasteiger partial charge in [-0.25, -0.2) is 8.78 Å². The molecule has 3 nitrogen and oxygen atoms in total. The largest absolute Gasteiger partial charge is 0.478 e. The average molecular weight is 356 g/mol. The van der Waals surface area contributed by atoms with Crippen LogP contribution in [-0.2, 0) is 4.79 Å². The van der Waals surface area contributed by atoms with Crippen molar-refractivity contribution < 1.29 is 18.3 Å². The van der Waals surface area contributed by atoms with E-state index >= 15 is 0 Å². The second-order valence-corrected chi connectivity index (χ2v) is 5.25. The van der Waals surface area contributed by atoms with E-state index in [0.29, 0.717) is 11.8 Å². The molecule has 0 spiro atoms. The maximum atomic E-state index is 13.4. The highest BCUT2D eigenvalue weighted by Gasteiger charge is 2.17. The van der Waals surface area contributed by atoms with Crippen molar-refractivity contribution in [2.75, 3.05) is 5.32 Å². The van der Waals surface area contributed by atoms with E-state index in [0.717, 1.165) is 16.6 Å². The number of amides is 1. The fourth-order valence-corrected chi connectivity index (χ4v) is 1.86. The fourth-order valence-electron chi connectivity index (χ4n) is 1.59. The lowest BCUT2D eigenvalue weighted by Gasteiger charge is -2.15. The molecule has 0 saturated carbocycles. The van der Waals surface area contributed by atoms with Crippen molar-refractivity contribution in [2.45, 2.75) is 13.0 Å². The summed E-state index contributed by atoms with van der Waals surface area (Å²) in [5, 5.41) is 2.64. The van der Waals surface area contributed by atoms with E-state index in [4.69, 9.17) is 4.74 Å². The van der Waals surface area contributed by atoms with Crippen LogP contribution in [0.2, 0.25) is 0 Å². The highest BCUT2D eigenvalue weighted by Crippen LogP contribution is 2.20. The molecule has 0 aliphatic carbocycles. The Bertz CT molecular complexity index is 647. The molecule has 1 atom stereocenters. The van der Waals surface area contributed by atoms with E-state index in [1.165, 1.54) is 6.92 Å². The molecular formula is C15H12BrF2NO2. The van der Waals surface area contributed by atoms with E-state index in [1.807, 2.05) is 0 Å². The molecule has 2 aromatic carbocycles. The number of halogens is 3. The SMILES string of the molecule is CC(Oc1ccc(F)cc1F)C(=O)Nc1ccc(Br)cc1. The van der Waals surface area contributed by atoms with Crippen LogP contribution in [0, 0.1) is 11.6 Å². The topological polar surface area (TPSA) is 38.3 Å². The Morgan fingerprint density at radius 3 is 2.48 bits per heavy atom. The van der Waals surface area contributed by atoms with E-state index < -0.39 is 23.6 Å². The molecule has 0 aliphatic rings. The molecule has 0 aliphatic heterocycles. The van der Waals surface area contributed by atoms with E-state index in [1.54, 1.807) is 24.3 Å². The van der Waals surface area contributed by atoms with Crippen molar-refractivity contribution in [1.29, 1.82) is 0 Å². The lowest BCUT2D eigenvalue weighted by atomic mass is 10.3. The Labute approximate surface area is 129 Å². The highest BCUT2D eigenvalue weighted by atomic mass is 79.9. The van der Waals surface area contributed by atoms with Crippen molar-refractivity contribution in [3.63, 3.8) is 0 Å². The monoisotopic (exact) mass is 355 g/mol. The highest BCUT2D eigenvalue weighted by molar-refractivity contribution is 9.10. The third-order valence-corrected chi connectivity index (χ3v) is 3.21. The third-order valence-electron chi connectivity index (χ3n) is 2.68. The van der Waals surface area contributed by atoms with Crippen LogP contribution < -0.4 is 10.1 Å². The van der Waals surface area contributed by atoms with Crippen molar-refractivity contribution in [2.24, 2.45) is 0 Å². The Balaban J connectivity index is 2.00. The zero-order chi connectivity index (χ0) is 15.4. The van der Waals surface area contributed by atoms with Gasteiger partial charge in [0.05, 0.1) is 0 Å². The molecule has 2 rings (SSSR count). The van der Waals surface area contributed by atoms with Crippen LogP contribution in [0.4, 0.5) is 14.5 Å². The molecule has 0 heterocycles. The van der Waals surface area contributed by atoms with Gasteiger partial charge in [-0.15, -0.1) is 0 Å². The van der Waals surface area contributed by atoms with Gasteiger partial charge in [-0.05, 0) is 43.3 Å². The predicted octanol–water partition coefficient (Wildman–Crippen LogP) is 4.13. The van der Waals surface area contributed by atoms with Gasteiger partial charge in [0.15, 0.2) is 17.7 Å². The minimum absolute atomic E-state index is 0.171. The average Bonchev–Trinajstić information content (AvgIpc) is 2.44. The second-order valence-electron chi connectivity index (χ2n) is 4.33. The summed E-state index contributed by atoms with van der Waals surface area (Å²) in [6.45, 7) is 1.48. The zero-order valence-corrected chi connectivity index (χ0v) is 12.7. The molecule has 6 heteroatoms. The minimum atomic E-state index is -0.923. The Kier molecular flexibility index (Phi) is 4.90. The third kappa shape index (κ3) is 4.26. The molecule has 1 N–H and O–H groups in total. The molecule has 0 radical (unpaired) electrons. The van der Waals surface area contributed by atoms with Crippen LogP contribution in [-0.4, -0.2) is 12.0 Å². The van der Waals surface area contributed by atoms with Crippen molar-refractivity contribution in [1.82, 2.24) is 0 Å². The van der Waals surface area contributed by atoms with Gasteiger partial charge in [-0.2, -0.15) is 0 Å². The number of nitrogens with one attached hydrogen (secondary N) is 1. The zero-order valence-electron chi connectivity index (χ0n) is 11.1. The summed E-state index contributed by atoms with van der Waals surface area (Å²) in [5.74, 6) is -2.15. The number of anilines is 1. The van der Waals surface area contributed by atoms with Gasteiger partial charge in [-0.3, -0.25) is 4.79 Å². The Morgan fingerprint density at radius 1 is 1.19 bits per heavy atom. The number of ether oxygens (including phenoxy) is 1. The predicted molar refractivity (Wildman–Crippen MR) is 79.2 cm³/mol. The van der Waals surface area contributed by atoms with Gasteiger partial charge in [0.25, 0.3) is 5.91 Å². The van der Waals surface area contributed by atoms with Crippen molar-refractivity contribution in [3.8, 4) is 5.75 Å². The minimum Gasteiger partial charge on any atom is -0.478 e. The smallest absolute Gasteiger partial charge is 0.265 e. The molecule has 21 heavy (non-hydrogen) atoms. The Hall–Kier alpha value is -1.95. The standard InChI is InChI=1S/C15H12BrF2NO2/c1-9(21-14-7-4-11(17)8-13(14)18)15(20)19-12-5-2-10(16)3-6-12/h2-9H,1H3,(H,19,20). The first-order chi connectivity index (χ1) is 9.95. The fraction of sp³-hybridized carbons (Fsp3) is 0.133. The molecule has 110 valence electrons. The van der Waals surface area contributed by atoms with Gasteiger partial charge in [0, 0.05) is 16.2 Å². The van der Waals surface area contributed by atoms with E-state index in [-0.39, 0.29) is 5.75 Å². The first-order valence-electron chi connectivity index (χ1n) is 6.14. The van der Waals surface area contributed by atoms with Crippen molar-refractivity contribution in [3.05, 3.63) is 58.6 Å². The lowest BCUT2D eigenvalue weighted by molar-refractivity contribution is -0.122. The van der Waals surface area contributed by atoms with Crippen LogP contribution >= 0.6 is 15.9 Å². The second kappa shape index (κ2) is 6.67. The summed E-state index contributed by atoms with van der Waals surface area (Å²) < 4.78 is 32.3. The van der Waals surface area contributed by atoms with E-state index in [2.05, 4.69) is 21.2 Å². The van der Waals surface area contributed by atoms with Crippen LogP contribution in [0.25, 0.3) is 0 Å². The lowest BCUT2D eigenvalue weighted by Crippen LogP contribution is -2.30. The van der Waals surface area contributed by atoms with Gasteiger partial charge in [0.1, 0.15) is 5.82 Å². The van der Waals surface area contributed by atoms with E-state index in [9.17, 15) is 13.6 Å². The Morgan fingerprint density at radius 2 is 1.86 bits per heavy atom. The van der Waals surface area contributed by atoms with Crippen LogP contribution in [0.15, 0.2) is 46.9 Å². The number of benzene rings is 2. The van der Waals surface area contributed by atoms with Gasteiger partial charge >= 0.3 is 0 Å². The van der Waals surface area contributed by atoms with Gasteiger partial charge < -0.3 is 10.1 Å². The molecule has 0 bridgehead atoms. The summed E-state index contributed by atoms with van der Waals surface area (Å²) in [5.41, 5.74) is 0.596.